The molecule has 4 rings (SSSR count). The maximum atomic E-state index is 15.4. The highest BCUT2D eigenvalue weighted by atomic mass is 35.5. The second kappa shape index (κ2) is 9.45. The van der Waals surface area contributed by atoms with E-state index in [1.165, 1.54) is 24.3 Å². The molecular formula is C25H20ClF7N4O. The number of hydrogen-bond donors (Lipinski definition) is 0. The van der Waals surface area contributed by atoms with Gasteiger partial charge in [0.1, 0.15) is 5.84 Å². The van der Waals surface area contributed by atoms with Crippen LogP contribution in [0.5, 0.6) is 0 Å². The number of oxime groups is 1. The number of alkyl halides is 7. The Morgan fingerprint density at radius 3 is 2.21 bits per heavy atom. The van der Waals surface area contributed by atoms with Crippen molar-refractivity contribution in [2.75, 3.05) is 13.1 Å². The summed E-state index contributed by atoms with van der Waals surface area (Å²) in [4.78, 5) is 10.2. The fourth-order valence-electron chi connectivity index (χ4n) is 4.53. The predicted molar refractivity (Wildman–Crippen MR) is 125 cm³/mol. The van der Waals surface area contributed by atoms with Gasteiger partial charge in [-0.05, 0) is 23.3 Å². The third-order valence-electron chi connectivity index (χ3n) is 6.55. The minimum atomic E-state index is -5.12. The monoisotopic (exact) mass is 560 g/mol. The van der Waals surface area contributed by atoms with Crippen LogP contribution in [0, 0.1) is 17.4 Å². The van der Waals surface area contributed by atoms with Crippen LogP contribution in [0.2, 0.25) is 5.02 Å². The number of nitrogens with zero attached hydrogens (tertiary/aromatic N) is 4. The smallest absolute Gasteiger partial charge is 0.374 e. The maximum Gasteiger partial charge on any atom is 0.435 e. The summed E-state index contributed by atoms with van der Waals surface area (Å²) in [5.74, 6) is 0.359. The summed E-state index contributed by atoms with van der Waals surface area (Å²) in [7, 11) is 0. The summed E-state index contributed by atoms with van der Waals surface area (Å²) in [6, 6.07) is 7.44. The second-order valence-corrected chi connectivity index (χ2v) is 9.85. The number of hydrogen-bond acceptors (Lipinski definition) is 4. The first-order valence-electron chi connectivity index (χ1n) is 11.3. The van der Waals surface area contributed by atoms with Crippen LogP contribution in [0.25, 0.3) is 0 Å². The van der Waals surface area contributed by atoms with Gasteiger partial charge in [-0.15, -0.1) is 0 Å². The molecule has 0 aromatic heterocycles. The average molecular weight is 561 g/mol. The maximum absolute atomic E-state index is 15.4. The number of amidine groups is 1. The summed E-state index contributed by atoms with van der Waals surface area (Å²) in [6.45, 7) is 3.54. The molecule has 0 radical (unpaired) electrons. The standard InChI is InChI=1S/C25H20ClF7N4O/c1-14(2)21(35-13-34)37-11-22(27,12-37)16-5-3-15(4-6-16)20-10-23(38-36-20,25(31,32)33)17-7-8-19(26)18(9-17)24(28,29)30/h3-9,14H,10-12H2,1-2H3/b35-21+. The molecule has 2 aliphatic rings. The molecule has 0 saturated carbocycles. The summed E-state index contributed by atoms with van der Waals surface area (Å²) in [5.41, 5.74) is -6.84. The molecule has 0 amide bonds. The zero-order valence-corrected chi connectivity index (χ0v) is 20.7. The normalized spacial score (nSPS) is 21.6. The van der Waals surface area contributed by atoms with Gasteiger partial charge >= 0.3 is 12.4 Å². The lowest BCUT2D eigenvalue weighted by Crippen LogP contribution is -2.59. The molecule has 0 N–H and O–H groups in total. The third kappa shape index (κ3) is 4.79. The van der Waals surface area contributed by atoms with Crippen LogP contribution in [-0.4, -0.2) is 35.7 Å². The lowest BCUT2D eigenvalue weighted by atomic mass is 9.84. The van der Waals surface area contributed by atoms with Gasteiger partial charge in [0.25, 0.3) is 5.60 Å². The van der Waals surface area contributed by atoms with Crippen LogP contribution >= 0.6 is 11.6 Å². The van der Waals surface area contributed by atoms with Crippen LogP contribution in [-0.2, 0) is 22.3 Å². The van der Waals surface area contributed by atoms with Gasteiger partial charge in [-0.1, -0.05) is 60.9 Å². The van der Waals surface area contributed by atoms with E-state index in [9.17, 15) is 26.3 Å². The first kappa shape index (κ1) is 27.7. The predicted octanol–water partition coefficient (Wildman–Crippen LogP) is 6.96. The Balaban J connectivity index is 1.57. The van der Waals surface area contributed by atoms with E-state index < -0.39 is 46.2 Å². The van der Waals surface area contributed by atoms with Crippen molar-refractivity contribution >= 4 is 23.1 Å². The van der Waals surface area contributed by atoms with E-state index >= 15 is 4.39 Å². The Morgan fingerprint density at radius 1 is 1.08 bits per heavy atom. The van der Waals surface area contributed by atoms with Crippen molar-refractivity contribution in [3.05, 3.63) is 69.7 Å². The van der Waals surface area contributed by atoms with Crippen molar-refractivity contribution in [2.45, 2.75) is 43.9 Å². The molecule has 0 bridgehead atoms. The van der Waals surface area contributed by atoms with Gasteiger partial charge in [0.05, 0.1) is 29.4 Å². The summed E-state index contributed by atoms with van der Waals surface area (Å²) >= 11 is 5.57. The molecule has 1 fully saturated rings. The Bertz CT molecular complexity index is 1320. The lowest BCUT2D eigenvalue weighted by Gasteiger charge is -2.47. The Kier molecular flexibility index (Phi) is 6.89. The SMILES string of the molecule is CC(C)/C(=N\C#N)N1CC(F)(c2ccc(C3=NOC(c4ccc(Cl)c(C(F)(F)F)c4)(C(F)(F)F)C3)cc2)C1. The van der Waals surface area contributed by atoms with Crippen molar-refractivity contribution in [1.29, 1.82) is 5.26 Å². The second-order valence-electron chi connectivity index (χ2n) is 9.45. The van der Waals surface area contributed by atoms with Gasteiger partial charge < -0.3 is 9.74 Å². The molecule has 2 aromatic carbocycles. The van der Waals surface area contributed by atoms with Gasteiger partial charge in [0, 0.05) is 17.9 Å². The molecule has 13 heteroatoms. The van der Waals surface area contributed by atoms with Crippen molar-refractivity contribution in [1.82, 2.24) is 4.90 Å². The number of benzene rings is 2. The summed E-state index contributed by atoms with van der Waals surface area (Å²) in [6.07, 6.45) is -9.29. The molecule has 202 valence electrons. The van der Waals surface area contributed by atoms with E-state index in [2.05, 4.69) is 10.1 Å². The number of rotatable bonds is 4. The van der Waals surface area contributed by atoms with Crippen LogP contribution in [0.15, 0.2) is 52.6 Å². The van der Waals surface area contributed by atoms with E-state index in [4.69, 9.17) is 21.7 Å². The molecule has 1 atom stereocenters. The molecule has 1 saturated heterocycles. The number of halogens is 8. The minimum absolute atomic E-state index is 0.0512. The van der Waals surface area contributed by atoms with Crippen LogP contribution < -0.4 is 0 Å². The summed E-state index contributed by atoms with van der Waals surface area (Å²) < 4.78 is 98.0. The van der Waals surface area contributed by atoms with E-state index in [0.717, 1.165) is 12.1 Å². The number of aliphatic imine (C=N–C) groups is 1. The third-order valence-corrected chi connectivity index (χ3v) is 6.88. The van der Waals surface area contributed by atoms with Gasteiger partial charge in [0.2, 0.25) is 6.19 Å². The molecule has 0 spiro atoms. The van der Waals surface area contributed by atoms with Gasteiger partial charge in [-0.25, -0.2) is 4.39 Å². The van der Waals surface area contributed by atoms with Crippen LogP contribution in [0.4, 0.5) is 30.7 Å². The zero-order valence-electron chi connectivity index (χ0n) is 20.0. The first-order chi connectivity index (χ1) is 17.6. The first-order valence-corrected chi connectivity index (χ1v) is 11.7. The minimum Gasteiger partial charge on any atom is -0.374 e. The largest absolute Gasteiger partial charge is 0.435 e. The molecule has 1 unspecified atom stereocenters. The fraction of sp³-hybridized carbons (Fsp3) is 0.400. The fourth-order valence-corrected chi connectivity index (χ4v) is 4.76. The van der Waals surface area contributed by atoms with E-state index in [-0.39, 0.29) is 35.8 Å². The molecular weight excluding hydrogens is 541 g/mol. The van der Waals surface area contributed by atoms with E-state index in [1.807, 2.05) is 13.8 Å². The molecule has 38 heavy (non-hydrogen) atoms. The van der Waals surface area contributed by atoms with Crippen molar-refractivity contribution < 1.29 is 35.6 Å². The van der Waals surface area contributed by atoms with Crippen molar-refractivity contribution in [3.63, 3.8) is 0 Å². The number of nitriles is 1. The van der Waals surface area contributed by atoms with Gasteiger partial charge in [0.15, 0.2) is 5.67 Å². The highest BCUT2D eigenvalue weighted by molar-refractivity contribution is 6.31. The van der Waals surface area contributed by atoms with E-state index in [1.54, 1.807) is 11.1 Å². The highest BCUT2D eigenvalue weighted by Crippen LogP contribution is 2.50. The highest BCUT2D eigenvalue weighted by Gasteiger charge is 2.62. The van der Waals surface area contributed by atoms with Crippen molar-refractivity contribution in [3.8, 4) is 6.19 Å². The lowest BCUT2D eigenvalue weighted by molar-refractivity contribution is -0.276. The number of likely N-dealkylation sites (tertiary alicyclic amines) is 1. The quantitative estimate of drug-likeness (QED) is 0.176. The Hall–Kier alpha value is -3.33. The average Bonchev–Trinajstić information content (AvgIpc) is 3.27. The zero-order chi connectivity index (χ0) is 28.1. The molecule has 0 aliphatic carbocycles. The van der Waals surface area contributed by atoms with Crippen molar-refractivity contribution in [2.24, 2.45) is 16.1 Å². The summed E-state index contributed by atoms with van der Waals surface area (Å²) in [5, 5.41) is 11.7. The molecule has 2 aromatic rings. The van der Waals surface area contributed by atoms with Gasteiger partial charge in [-0.2, -0.15) is 36.6 Å². The van der Waals surface area contributed by atoms with E-state index in [0.29, 0.717) is 11.9 Å². The van der Waals surface area contributed by atoms with Gasteiger partial charge in [-0.3, -0.25) is 0 Å². The molecule has 2 heterocycles. The topological polar surface area (TPSA) is 61.0 Å². The molecule has 2 aliphatic heterocycles. The Morgan fingerprint density at radius 2 is 1.68 bits per heavy atom. The Labute approximate surface area is 218 Å². The van der Waals surface area contributed by atoms with Crippen LogP contribution in [0.3, 0.4) is 0 Å². The van der Waals surface area contributed by atoms with Crippen LogP contribution in [0.1, 0.15) is 42.5 Å². The molecule has 5 nitrogen and oxygen atoms in total.